The third kappa shape index (κ3) is 3.64. The molecule has 0 saturated carbocycles. The van der Waals surface area contributed by atoms with E-state index in [1.165, 1.54) is 0 Å². The van der Waals surface area contributed by atoms with Crippen LogP contribution in [0.4, 0.5) is 5.69 Å². The van der Waals surface area contributed by atoms with Gasteiger partial charge in [0.2, 0.25) is 5.91 Å². The molecular formula is C12H18N2O2. The molecule has 0 fully saturated rings. The summed E-state index contributed by atoms with van der Waals surface area (Å²) in [4.78, 5) is 11.6. The van der Waals surface area contributed by atoms with Gasteiger partial charge in [0.25, 0.3) is 0 Å². The molecule has 4 nitrogen and oxygen atoms in total. The van der Waals surface area contributed by atoms with Gasteiger partial charge in [0.1, 0.15) is 0 Å². The Kier molecular flexibility index (Phi) is 4.95. The van der Waals surface area contributed by atoms with E-state index < -0.39 is 6.04 Å². The molecule has 0 aliphatic carbocycles. The van der Waals surface area contributed by atoms with Crippen LogP contribution in [-0.2, 0) is 11.4 Å². The predicted molar refractivity (Wildman–Crippen MR) is 63.9 cm³/mol. The lowest BCUT2D eigenvalue weighted by atomic mass is 10.1. The second-order valence-corrected chi connectivity index (χ2v) is 3.74. The van der Waals surface area contributed by atoms with E-state index in [-0.39, 0.29) is 12.5 Å². The van der Waals surface area contributed by atoms with E-state index in [1.807, 2.05) is 6.92 Å². The van der Waals surface area contributed by atoms with E-state index >= 15 is 0 Å². The van der Waals surface area contributed by atoms with E-state index in [4.69, 9.17) is 10.8 Å². The molecule has 4 heteroatoms. The van der Waals surface area contributed by atoms with E-state index in [0.29, 0.717) is 12.1 Å². The summed E-state index contributed by atoms with van der Waals surface area (Å²) >= 11 is 0. The number of carbonyl (C=O) groups excluding carboxylic acids is 1. The van der Waals surface area contributed by atoms with Gasteiger partial charge in [-0.05, 0) is 24.1 Å². The second-order valence-electron chi connectivity index (χ2n) is 3.74. The van der Waals surface area contributed by atoms with E-state index in [2.05, 4.69) is 5.32 Å². The number of aliphatic hydroxyl groups is 1. The van der Waals surface area contributed by atoms with Crippen LogP contribution in [-0.4, -0.2) is 17.1 Å². The van der Waals surface area contributed by atoms with Crippen molar-refractivity contribution < 1.29 is 9.90 Å². The minimum Gasteiger partial charge on any atom is -0.392 e. The number of benzene rings is 1. The summed E-state index contributed by atoms with van der Waals surface area (Å²) in [6, 6.07) is 6.61. The highest BCUT2D eigenvalue weighted by molar-refractivity contribution is 5.94. The molecule has 4 N–H and O–H groups in total. The van der Waals surface area contributed by atoms with Crippen molar-refractivity contribution in [3.05, 3.63) is 29.8 Å². The summed E-state index contributed by atoms with van der Waals surface area (Å²) < 4.78 is 0. The standard InChI is InChI=1S/C12H18N2O2/c1-2-4-11(13)12(16)14-10-6-3-5-9(7-10)8-15/h3,5-7,11,15H,2,4,8,13H2,1H3,(H,14,16). The van der Waals surface area contributed by atoms with Gasteiger partial charge in [0, 0.05) is 5.69 Å². The fourth-order valence-electron chi connectivity index (χ4n) is 1.42. The van der Waals surface area contributed by atoms with Crippen LogP contribution in [0.2, 0.25) is 0 Å². The Bertz CT molecular complexity index is 353. The normalized spacial score (nSPS) is 12.2. The molecule has 0 heterocycles. The van der Waals surface area contributed by atoms with Crippen LogP contribution in [0.1, 0.15) is 25.3 Å². The first-order valence-electron chi connectivity index (χ1n) is 5.43. The van der Waals surface area contributed by atoms with Crippen LogP contribution in [0.5, 0.6) is 0 Å². The second kappa shape index (κ2) is 6.25. The quantitative estimate of drug-likeness (QED) is 0.701. The maximum atomic E-state index is 11.6. The molecule has 1 unspecified atom stereocenters. The van der Waals surface area contributed by atoms with Gasteiger partial charge in [-0.2, -0.15) is 0 Å². The van der Waals surface area contributed by atoms with Gasteiger partial charge >= 0.3 is 0 Å². The number of rotatable bonds is 5. The van der Waals surface area contributed by atoms with Gasteiger partial charge < -0.3 is 16.2 Å². The van der Waals surface area contributed by atoms with Crippen LogP contribution in [0.15, 0.2) is 24.3 Å². The minimum absolute atomic E-state index is 0.0370. The number of aliphatic hydroxyl groups excluding tert-OH is 1. The lowest BCUT2D eigenvalue weighted by molar-refractivity contribution is -0.117. The lowest BCUT2D eigenvalue weighted by Gasteiger charge is -2.11. The predicted octanol–water partition coefficient (Wildman–Crippen LogP) is 1.24. The SMILES string of the molecule is CCCC(N)C(=O)Nc1cccc(CO)c1. The van der Waals surface area contributed by atoms with Crippen molar-refractivity contribution in [1.82, 2.24) is 0 Å². The van der Waals surface area contributed by atoms with Crippen molar-refractivity contribution in [2.45, 2.75) is 32.4 Å². The first-order valence-corrected chi connectivity index (χ1v) is 5.43. The minimum atomic E-state index is -0.470. The molecule has 0 bridgehead atoms. The molecule has 0 saturated heterocycles. The number of hydrogen-bond donors (Lipinski definition) is 3. The molecule has 0 aliphatic rings. The van der Waals surface area contributed by atoms with Gasteiger partial charge in [-0.1, -0.05) is 25.5 Å². The van der Waals surface area contributed by atoms with E-state index in [1.54, 1.807) is 24.3 Å². The number of nitrogens with two attached hydrogens (primary N) is 1. The first kappa shape index (κ1) is 12.7. The molecule has 1 aromatic carbocycles. The fourth-order valence-corrected chi connectivity index (χ4v) is 1.42. The zero-order valence-electron chi connectivity index (χ0n) is 9.44. The smallest absolute Gasteiger partial charge is 0.241 e. The summed E-state index contributed by atoms with van der Waals surface area (Å²) in [5, 5.41) is 11.7. The number of anilines is 1. The average Bonchev–Trinajstić information content (AvgIpc) is 2.29. The maximum absolute atomic E-state index is 11.6. The van der Waals surface area contributed by atoms with E-state index in [0.717, 1.165) is 12.0 Å². The number of nitrogens with one attached hydrogen (secondary N) is 1. The van der Waals surface area contributed by atoms with Gasteiger partial charge in [-0.15, -0.1) is 0 Å². The van der Waals surface area contributed by atoms with Crippen molar-refractivity contribution in [2.24, 2.45) is 5.73 Å². The molecule has 0 spiro atoms. The van der Waals surface area contributed by atoms with Gasteiger partial charge in [-0.3, -0.25) is 4.79 Å². The Balaban J connectivity index is 2.61. The van der Waals surface area contributed by atoms with Gasteiger partial charge in [0.15, 0.2) is 0 Å². The third-order valence-corrected chi connectivity index (χ3v) is 2.31. The Morgan fingerprint density at radius 1 is 1.56 bits per heavy atom. The molecule has 1 atom stereocenters. The highest BCUT2D eigenvalue weighted by Crippen LogP contribution is 2.11. The third-order valence-electron chi connectivity index (χ3n) is 2.31. The van der Waals surface area contributed by atoms with Crippen LogP contribution in [0.25, 0.3) is 0 Å². The first-order chi connectivity index (χ1) is 7.67. The Labute approximate surface area is 95.5 Å². The summed E-state index contributed by atoms with van der Waals surface area (Å²) in [6.07, 6.45) is 1.55. The van der Waals surface area contributed by atoms with Gasteiger partial charge in [-0.25, -0.2) is 0 Å². The average molecular weight is 222 g/mol. The molecule has 0 aliphatic heterocycles. The van der Waals surface area contributed by atoms with Crippen LogP contribution >= 0.6 is 0 Å². The van der Waals surface area contributed by atoms with E-state index in [9.17, 15) is 4.79 Å². The zero-order valence-corrected chi connectivity index (χ0v) is 9.44. The Morgan fingerprint density at radius 2 is 2.31 bits per heavy atom. The number of amides is 1. The molecule has 16 heavy (non-hydrogen) atoms. The highest BCUT2D eigenvalue weighted by Gasteiger charge is 2.12. The van der Waals surface area contributed by atoms with Crippen molar-refractivity contribution in [2.75, 3.05) is 5.32 Å². The number of carbonyl (C=O) groups is 1. The molecule has 0 aromatic heterocycles. The zero-order chi connectivity index (χ0) is 12.0. The molecule has 88 valence electrons. The summed E-state index contributed by atoms with van der Waals surface area (Å²) in [5.41, 5.74) is 7.12. The maximum Gasteiger partial charge on any atom is 0.241 e. The summed E-state index contributed by atoms with van der Waals surface area (Å²) in [7, 11) is 0. The van der Waals surface area contributed by atoms with Gasteiger partial charge in [0.05, 0.1) is 12.6 Å². The fraction of sp³-hybridized carbons (Fsp3) is 0.417. The summed E-state index contributed by atoms with van der Waals surface area (Å²) in [6.45, 7) is 1.95. The highest BCUT2D eigenvalue weighted by atomic mass is 16.3. The van der Waals surface area contributed by atoms with Crippen molar-refractivity contribution in [3.63, 3.8) is 0 Å². The van der Waals surface area contributed by atoms with Crippen LogP contribution in [0.3, 0.4) is 0 Å². The van der Waals surface area contributed by atoms with Crippen molar-refractivity contribution in [3.8, 4) is 0 Å². The molecule has 1 aromatic rings. The lowest BCUT2D eigenvalue weighted by Crippen LogP contribution is -2.35. The van der Waals surface area contributed by atoms with Crippen molar-refractivity contribution >= 4 is 11.6 Å². The largest absolute Gasteiger partial charge is 0.392 e. The molecular weight excluding hydrogens is 204 g/mol. The Hall–Kier alpha value is -1.39. The molecule has 1 rings (SSSR count). The Morgan fingerprint density at radius 3 is 2.94 bits per heavy atom. The number of hydrogen-bond acceptors (Lipinski definition) is 3. The van der Waals surface area contributed by atoms with Crippen LogP contribution < -0.4 is 11.1 Å². The topological polar surface area (TPSA) is 75.4 Å². The molecule has 0 radical (unpaired) electrons. The monoisotopic (exact) mass is 222 g/mol. The molecule has 1 amide bonds. The van der Waals surface area contributed by atoms with Crippen molar-refractivity contribution in [1.29, 1.82) is 0 Å². The summed E-state index contributed by atoms with van der Waals surface area (Å²) in [5.74, 6) is -0.183. The van der Waals surface area contributed by atoms with Crippen LogP contribution in [0, 0.1) is 0 Å².